The number of anilines is 1. The molecule has 0 bridgehead atoms. The van der Waals surface area contributed by atoms with E-state index in [0.717, 1.165) is 10.4 Å². The Kier molecular flexibility index (Phi) is 5.27. The maximum Gasteiger partial charge on any atom is 0.243 e. The second kappa shape index (κ2) is 6.76. The number of hydrogen-bond acceptors (Lipinski definition) is 3. The van der Waals surface area contributed by atoms with Gasteiger partial charge in [0.1, 0.15) is 5.38 Å². The molecule has 0 saturated carbocycles. The first-order chi connectivity index (χ1) is 9.45. The third-order valence-electron chi connectivity index (χ3n) is 2.51. The lowest BCUT2D eigenvalue weighted by Crippen LogP contribution is -2.19. The van der Waals surface area contributed by atoms with Crippen LogP contribution in [0.2, 0.25) is 10.0 Å². The molecule has 0 aliphatic rings. The van der Waals surface area contributed by atoms with Crippen molar-refractivity contribution < 1.29 is 4.79 Å². The lowest BCUT2D eigenvalue weighted by Gasteiger charge is -2.02. The molecule has 1 N–H and O–H groups in total. The molecule has 0 saturated heterocycles. The van der Waals surface area contributed by atoms with Crippen LogP contribution < -0.4 is 5.32 Å². The van der Waals surface area contributed by atoms with Gasteiger partial charge in [-0.2, -0.15) is 0 Å². The van der Waals surface area contributed by atoms with Crippen molar-refractivity contribution in [3.8, 4) is 0 Å². The van der Waals surface area contributed by atoms with Gasteiger partial charge in [0.2, 0.25) is 5.91 Å². The van der Waals surface area contributed by atoms with Gasteiger partial charge in [-0.3, -0.25) is 4.79 Å². The summed E-state index contributed by atoms with van der Waals surface area (Å²) in [6.45, 7) is 1.61. The monoisotopic (exact) mass is 348 g/mol. The maximum absolute atomic E-state index is 11.5. The average Bonchev–Trinajstić information content (AvgIpc) is 2.81. The van der Waals surface area contributed by atoms with Gasteiger partial charge in [-0.05, 0) is 24.6 Å². The van der Waals surface area contributed by atoms with Crippen LogP contribution >= 0.6 is 46.1 Å². The molecule has 0 spiro atoms. The van der Waals surface area contributed by atoms with Gasteiger partial charge in [-0.25, -0.2) is 4.98 Å². The fourth-order valence-corrected chi connectivity index (χ4v) is 2.73. The van der Waals surface area contributed by atoms with Crippen molar-refractivity contribution >= 4 is 57.2 Å². The minimum absolute atomic E-state index is 0.262. The van der Waals surface area contributed by atoms with E-state index in [0.29, 0.717) is 21.6 Å². The van der Waals surface area contributed by atoms with Gasteiger partial charge >= 0.3 is 0 Å². The van der Waals surface area contributed by atoms with Crippen molar-refractivity contribution in [1.82, 2.24) is 4.98 Å². The molecular formula is C13H11Cl3N2OS. The Morgan fingerprint density at radius 1 is 1.40 bits per heavy atom. The normalized spacial score (nSPS) is 12.2. The summed E-state index contributed by atoms with van der Waals surface area (Å²) >= 11 is 18.9. The molecule has 0 fully saturated rings. The van der Waals surface area contributed by atoms with Crippen LogP contribution in [0.4, 0.5) is 5.13 Å². The van der Waals surface area contributed by atoms with Gasteiger partial charge < -0.3 is 5.32 Å². The van der Waals surface area contributed by atoms with Crippen molar-refractivity contribution in [1.29, 1.82) is 0 Å². The Labute approximate surface area is 135 Å². The number of alkyl halides is 1. The summed E-state index contributed by atoms with van der Waals surface area (Å²) in [5.41, 5.74) is 1.03. The van der Waals surface area contributed by atoms with Gasteiger partial charge in [0, 0.05) is 17.5 Å². The predicted molar refractivity (Wildman–Crippen MR) is 85.3 cm³/mol. The molecule has 20 heavy (non-hydrogen) atoms. The molecule has 0 aliphatic carbocycles. The molecule has 2 rings (SSSR count). The largest absolute Gasteiger partial charge is 0.301 e. The minimum atomic E-state index is -0.586. The first kappa shape index (κ1) is 15.6. The van der Waals surface area contributed by atoms with E-state index in [2.05, 4.69) is 10.3 Å². The zero-order chi connectivity index (χ0) is 14.7. The Morgan fingerprint density at radius 2 is 2.15 bits per heavy atom. The summed E-state index contributed by atoms with van der Waals surface area (Å²) < 4.78 is 0. The SMILES string of the molecule is CC(Cl)C(=O)Nc1ncc(Cc2ccc(Cl)c(Cl)c2)s1. The smallest absolute Gasteiger partial charge is 0.243 e. The highest BCUT2D eigenvalue weighted by Crippen LogP contribution is 2.26. The standard InChI is InChI=1S/C13H11Cl3N2OS/c1-7(14)12(19)18-13-17-6-9(20-13)4-8-2-3-10(15)11(16)5-8/h2-3,5-7H,4H2,1H3,(H,17,18,19). The molecule has 1 heterocycles. The Bertz CT molecular complexity index is 628. The number of benzene rings is 1. The zero-order valence-electron chi connectivity index (χ0n) is 10.5. The van der Waals surface area contributed by atoms with E-state index in [1.54, 1.807) is 19.2 Å². The number of hydrogen-bond donors (Lipinski definition) is 1. The van der Waals surface area contributed by atoms with Crippen LogP contribution in [0.3, 0.4) is 0 Å². The molecule has 2 aromatic rings. The van der Waals surface area contributed by atoms with E-state index in [9.17, 15) is 4.79 Å². The van der Waals surface area contributed by atoms with Crippen LogP contribution in [0.25, 0.3) is 0 Å². The Morgan fingerprint density at radius 3 is 2.80 bits per heavy atom. The molecule has 1 unspecified atom stereocenters. The van der Waals surface area contributed by atoms with Gasteiger partial charge in [0.15, 0.2) is 5.13 Å². The fraction of sp³-hybridized carbons (Fsp3) is 0.231. The van der Waals surface area contributed by atoms with Crippen molar-refractivity contribution in [3.63, 3.8) is 0 Å². The molecule has 1 atom stereocenters. The molecule has 1 aromatic heterocycles. The van der Waals surface area contributed by atoms with Crippen LogP contribution in [0, 0.1) is 0 Å². The Balaban J connectivity index is 2.05. The van der Waals surface area contributed by atoms with E-state index in [4.69, 9.17) is 34.8 Å². The lowest BCUT2D eigenvalue weighted by molar-refractivity contribution is -0.115. The van der Waals surface area contributed by atoms with Crippen LogP contribution in [-0.2, 0) is 11.2 Å². The molecule has 1 amide bonds. The van der Waals surface area contributed by atoms with Gasteiger partial charge in [0.05, 0.1) is 10.0 Å². The van der Waals surface area contributed by atoms with Crippen LogP contribution in [-0.4, -0.2) is 16.3 Å². The van der Waals surface area contributed by atoms with Crippen molar-refractivity contribution in [2.45, 2.75) is 18.7 Å². The Hall–Kier alpha value is -0.810. The molecule has 0 aliphatic heterocycles. The van der Waals surface area contributed by atoms with Gasteiger partial charge in [-0.15, -0.1) is 22.9 Å². The average molecular weight is 350 g/mol. The van der Waals surface area contributed by atoms with Crippen molar-refractivity contribution in [3.05, 3.63) is 44.9 Å². The lowest BCUT2D eigenvalue weighted by atomic mass is 10.1. The summed E-state index contributed by atoms with van der Waals surface area (Å²) in [5, 5.41) is 3.67. The van der Waals surface area contributed by atoms with E-state index in [-0.39, 0.29) is 5.91 Å². The number of nitrogens with one attached hydrogen (secondary N) is 1. The van der Waals surface area contributed by atoms with E-state index >= 15 is 0 Å². The van der Waals surface area contributed by atoms with E-state index in [1.165, 1.54) is 11.3 Å². The number of thiazole rings is 1. The highest BCUT2D eigenvalue weighted by atomic mass is 35.5. The van der Waals surface area contributed by atoms with Gasteiger partial charge in [0.25, 0.3) is 0 Å². The number of carbonyl (C=O) groups excluding carboxylic acids is 1. The number of amides is 1. The first-order valence-corrected chi connectivity index (χ1v) is 7.80. The summed E-state index contributed by atoms with van der Waals surface area (Å²) in [7, 11) is 0. The van der Waals surface area contributed by atoms with Crippen molar-refractivity contribution in [2.24, 2.45) is 0 Å². The number of nitrogens with zero attached hydrogens (tertiary/aromatic N) is 1. The number of rotatable bonds is 4. The highest BCUT2D eigenvalue weighted by molar-refractivity contribution is 7.15. The number of halogens is 3. The van der Waals surface area contributed by atoms with Crippen LogP contribution in [0.1, 0.15) is 17.4 Å². The molecule has 7 heteroatoms. The third-order valence-corrected chi connectivity index (χ3v) is 4.36. The summed E-state index contributed by atoms with van der Waals surface area (Å²) in [6, 6.07) is 5.49. The highest BCUT2D eigenvalue weighted by Gasteiger charge is 2.12. The minimum Gasteiger partial charge on any atom is -0.301 e. The molecule has 3 nitrogen and oxygen atoms in total. The van der Waals surface area contributed by atoms with Crippen molar-refractivity contribution in [2.75, 3.05) is 5.32 Å². The number of aromatic nitrogens is 1. The quantitative estimate of drug-likeness (QED) is 0.819. The predicted octanol–water partition coefficient (Wildman–Crippen LogP) is 4.61. The second-order valence-corrected chi connectivity index (χ2v) is 6.75. The van der Waals surface area contributed by atoms with Gasteiger partial charge in [-0.1, -0.05) is 29.3 Å². The zero-order valence-corrected chi connectivity index (χ0v) is 13.6. The first-order valence-electron chi connectivity index (χ1n) is 5.79. The summed E-state index contributed by atoms with van der Waals surface area (Å²) in [5.74, 6) is -0.262. The number of carbonyl (C=O) groups is 1. The maximum atomic E-state index is 11.5. The van der Waals surface area contributed by atoms with E-state index in [1.807, 2.05) is 12.1 Å². The molecule has 0 radical (unpaired) electrons. The third kappa shape index (κ3) is 4.09. The second-order valence-electron chi connectivity index (χ2n) is 4.16. The summed E-state index contributed by atoms with van der Waals surface area (Å²) in [4.78, 5) is 16.6. The molecule has 1 aromatic carbocycles. The van der Waals surface area contributed by atoms with Crippen LogP contribution in [0.15, 0.2) is 24.4 Å². The molecule has 106 valence electrons. The topological polar surface area (TPSA) is 42.0 Å². The fourth-order valence-electron chi connectivity index (χ4n) is 1.50. The summed E-state index contributed by atoms with van der Waals surface area (Å²) in [6.07, 6.45) is 2.41. The van der Waals surface area contributed by atoms with Crippen LogP contribution in [0.5, 0.6) is 0 Å². The van der Waals surface area contributed by atoms with E-state index < -0.39 is 5.38 Å². The molecular weight excluding hydrogens is 339 g/mol.